The Morgan fingerprint density at radius 3 is 2.26 bits per heavy atom. The van der Waals surface area contributed by atoms with Gasteiger partial charge in [0, 0.05) is 18.2 Å². The van der Waals surface area contributed by atoms with Crippen molar-refractivity contribution in [2.24, 2.45) is 0 Å². The van der Waals surface area contributed by atoms with Crippen LogP contribution in [0.2, 0.25) is 5.02 Å². The fourth-order valence-electron chi connectivity index (χ4n) is 1.87. The van der Waals surface area contributed by atoms with Crippen molar-refractivity contribution in [1.82, 2.24) is 0 Å². The van der Waals surface area contributed by atoms with Crippen LogP contribution in [0.25, 0.3) is 11.6 Å². The number of hydrogen-bond acceptors (Lipinski definition) is 5. The van der Waals surface area contributed by atoms with Gasteiger partial charge in [0.05, 0.1) is 21.5 Å². The minimum absolute atomic E-state index is 0.000920. The van der Waals surface area contributed by atoms with Crippen molar-refractivity contribution in [2.45, 2.75) is 0 Å². The molecule has 8 heteroatoms. The Balaban J connectivity index is 2.43. The summed E-state index contributed by atoms with van der Waals surface area (Å²) in [5, 5.41) is 30.7. The van der Waals surface area contributed by atoms with Gasteiger partial charge in [-0.25, -0.2) is 0 Å². The van der Waals surface area contributed by atoms with Crippen LogP contribution < -0.4 is 0 Å². The van der Waals surface area contributed by atoms with E-state index in [0.717, 1.165) is 0 Å². The van der Waals surface area contributed by atoms with Gasteiger partial charge < -0.3 is 0 Å². The van der Waals surface area contributed by atoms with Crippen LogP contribution >= 0.6 is 11.6 Å². The van der Waals surface area contributed by atoms with Gasteiger partial charge in [-0.05, 0) is 35.4 Å². The maximum atomic E-state index is 10.9. The third-order valence-electron chi connectivity index (χ3n) is 2.99. The molecule has 0 N–H and O–H groups in total. The van der Waals surface area contributed by atoms with Gasteiger partial charge in [-0.2, -0.15) is 5.26 Å². The van der Waals surface area contributed by atoms with E-state index >= 15 is 0 Å². The van der Waals surface area contributed by atoms with Gasteiger partial charge in [-0.1, -0.05) is 17.7 Å². The largest absolute Gasteiger partial charge is 0.288 e. The van der Waals surface area contributed by atoms with Crippen LogP contribution in [0, 0.1) is 31.6 Å². The molecule has 0 saturated carbocycles. The summed E-state index contributed by atoms with van der Waals surface area (Å²) in [5.74, 6) is 0. The molecule has 0 fully saturated rings. The molecule has 0 heterocycles. The summed E-state index contributed by atoms with van der Waals surface area (Å²) in [4.78, 5) is 20.3. The zero-order valence-corrected chi connectivity index (χ0v) is 12.2. The Morgan fingerprint density at radius 1 is 1.09 bits per heavy atom. The predicted octanol–water partition coefficient (Wildman–Crippen LogP) is 4.22. The van der Waals surface area contributed by atoms with Crippen molar-refractivity contribution in [3.63, 3.8) is 0 Å². The molecule has 0 saturated heterocycles. The standard InChI is InChI=1S/C15H8ClN3O4/c16-14-6-1-10(8-15(14)19(22)23)7-12(9-17)11-2-4-13(5-3-11)18(20)21/h1-8H. The molecule has 0 aliphatic heterocycles. The van der Waals surface area contributed by atoms with Gasteiger partial charge >= 0.3 is 0 Å². The SMILES string of the molecule is N#CC(=Cc1ccc(Cl)c([N+](=O)[O-])c1)c1ccc([N+](=O)[O-])cc1. The van der Waals surface area contributed by atoms with Gasteiger partial charge in [0.15, 0.2) is 0 Å². The van der Waals surface area contributed by atoms with Crippen LogP contribution in [0.5, 0.6) is 0 Å². The Kier molecular flexibility index (Phi) is 4.69. The van der Waals surface area contributed by atoms with E-state index in [-0.39, 0.29) is 22.0 Å². The van der Waals surface area contributed by atoms with Gasteiger partial charge in [0.25, 0.3) is 11.4 Å². The summed E-state index contributed by atoms with van der Waals surface area (Å²) in [5.41, 5.74) is 0.762. The first kappa shape index (κ1) is 16.1. The number of nitro groups is 2. The van der Waals surface area contributed by atoms with Crippen LogP contribution in [-0.4, -0.2) is 9.85 Å². The van der Waals surface area contributed by atoms with Crippen LogP contribution in [0.3, 0.4) is 0 Å². The Labute approximate surface area is 135 Å². The number of allylic oxidation sites excluding steroid dienone is 1. The fraction of sp³-hybridized carbons (Fsp3) is 0. The molecule has 114 valence electrons. The highest BCUT2D eigenvalue weighted by Crippen LogP contribution is 2.27. The van der Waals surface area contributed by atoms with Crippen molar-refractivity contribution in [1.29, 1.82) is 5.26 Å². The maximum absolute atomic E-state index is 10.9. The monoisotopic (exact) mass is 329 g/mol. The third-order valence-corrected chi connectivity index (χ3v) is 3.31. The van der Waals surface area contributed by atoms with E-state index in [0.29, 0.717) is 11.1 Å². The van der Waals surface area contributed by atoms with E-state index < -0.39 is 9.85 Å². The van der Waals surface area contributed by atoms with E-state index in [9.17, 15) is 25.5 Å². The highest BCUT2D eigenvalue weighted by atomic mass is 35.5. The number of rotatable bonds is 4. The van der Waals surface area contributed by atoms with Crippen LogP contribution in [0.1, 0.15) is 11.1 Å². The van der Waals surface area contributed by atoms with Crippen molar-refractivity contribution in [2.75, 3.05) is 0 Å². The molecule has 0 spiro atoms. The summed E-state index contributed by atoms with van der Waals surface area (Å²) in [6, 6.07) is 11.6. The van der Waals surface area contributed by atoms with Crippen LogP contribution in [0.4, 0.5) is 11.4 Å². The van der Waals surface area contributed by atoms with Gasteiger partial charge in [-0.3, -0.25) is 20.2 Å². The molecule has 7 nitrogen and oxygen atoms in total. The molecule has 0 aliphatic rings. The Bertz CT molecular complexity index is 854. The van der Waals surface area contributed by atoms with Crippen LogP contribution in [-0.2, 0) is 0 Å². The third kappa shape index (κ3) is 3.70. The summed E-state index contributed by atoms with van der Waals surface area (Å²) in [6.45, 7) is 0. The highest BCUT2D eigenvalue weighted by Gasteiger charge is 2.13. The van der Waals surface area contributed by atoms with Gasteiger partial charge in [0.1, 0.15) is 5.02 Å². The molecule has 2 aromatic carbocycles. The summed E-state index contributed by atoms with van der Waals surface area (Å²) < 4.78 is 0. The second-order valence-corrected chi connectivity index (χ2v) is 4.85. The first-order valence-corrected chi connectivity index (χ1v) is 6.60. The Hall–Kier alpha value is -3.24. The summed E-state index contributed by atoms with van der Waals surface area (Å²) in [7, 11) is 0. The van der Waals surface area contributed by atoms with Crippen molar-refractivity contribution in [3.05, 3.63) is 78.8 Å². The smallest absolute Gasteiger partial charge is 0.258 e. The molecule has 0 amide bonds. The van der Waals surface area contributed by atoms with E-state index in [1.165, 1.54) is 48.5 Å². The quantitative estimate of drug-likeness (QED) is 0.361. The Morgan fingerprint density at radius 2 is 1.74 bits per heavy atom. The second-order valence-electron chi connectivity index (χ2n) is 4.44. The fourth-order valence-corrected chi connectivity index (χ4v) is 2.06. The number of nitriles is 1. The zero-order chi connectivity index (χ0) is 17.0. The predicted molar refractivity (Wildman–Crippen MR) is 84.7 cm³/mol. The van der Waals surface area contributed by atoms with E-state index in [1.54, 1.807) is 0 Å². The molecule has 0 unspecified atom stereocenters. The molecule has 0 aliphatic carbocycles. The van der Waals surface area contributed by atoms with Gasteiger partial charge in [-0.15, -0.1) is 0 Å². The summed E-state index contributed by atoms with van der Waals surface area (Å²) in [6.07, 6.45) is 1.45. The van der Waals surface area contributed by atoms with Gasteiger partial charge in [0.2, 0.25) is 0 Å². The molecule has 0 atom stereocenters. The first-order chi connectivity index (χ1) is 10.9. The summed E-state index contributed by atoms with van der Waals surface area (Å²) >= 11 is 5.73. The highest BCUT2D eigenvalue weighted by molar-refractivity contribution is 6.32. The maximum Gasteiger partial charge on any atom is 0.288 e. The van der Waals surface area contributed by atoms with Crippen LogP contribution in [0.15, 0.2) is 42.5 Å². The topological polar surface area (TPSA) is 110 Å². The minimum atomic E-state index is -0.613. The average Bonchev–Trinajstić information content (AvgIpc) is 2.54. The van der Waals surface area contributed by atoms with Crippen molar-refractivity contribution < 1.29 is 9.85 Å². The van der Waals surface area contributed by atoms with E-state index in [4.69, 9.17) is 11.6 Å². The lowest BCUT2D eigenvalue weighted by Crippen LogP contribution is -1.90. The van der Waals surface area contributed by atoms with E-state index in [2.05, 4.69) is 0 Å². The number of hydrogen-bond donors (Lipinski definition) is 0. The molecule has 0 bridgehead atoms. The van der Waals surface area contributed by atoms with Crippen molar-refractivity contribution in [3.8, 4) is 6.07 Å². The molecule has 0 radical (unpaired) electrons. The van der Waals surface area contributed by atoms with Crippen molar-refractivity contribution >= 4 is 34.6 Å². The number of non-ortho nitro benzene ring substituents is 1. The molecular formula is C15H8ClN3O4. The number of nitro benzene ring substituents is 2. The normalized spacial score (nSPS) is 10.9. The molecular weight excluding hydrogens is 322 g/mol. The minimum Gasteiger partial charge on any atom is -0.258 e. The number of benzene rings is 2. The average molecular weight is 330 g/mol. The molecule has 0 aromatic heterocycles. The lowest BCUT2D eigenvalue weighted by atomic mass is 10.0. The first-order valence-electron chi connectivity index (χ1n) is 6.23. The van der Waals surface area contributed by atoms with E-state index in [1.807, 2.05) is 6.07 Å². The zero-order valence-electron chi connectivity index (χ0n) is 11.5. The second kappa shape index (κ2) is 6.68. The number of nitrogens with zero attached hydrogens (tertiary/aromatic N) is 3. The molecule has 23 heavy (non-hydrogen) atoms. The molecule has 2 rings (SSSR count). The lowest BCUT2D eigenvalue weighted by molar-refractivity contribution is -0.385. The molecule has 2 aromatic rings. The number of halogens is 1. The lowest BCUT2D eigenvalue weighted by Gasteiger charge is -2.01.